The monoisotopic (exact) mass is 597 g/mol. The minimum Gasteiger partial charge on any atom is -0.444 e. The van der Waals surface area contributed by atoms with Gasteiger partial charge in [0, 0.05) is 26.1 Å². The first-order chi connectivity index (χ1) is 18.7. The number of hydrogen-bond acceptors (Lipinski definition) is 7. The molecule has 0 radical (unpaired) electrons. The molecule has 3 aliphatic rings. The van der Waals surface area contributed by atoms with Crippen molar-refractivity contribution in [2.24, 2.45) is 5.92 Å². The van der Waals surface area contributed by atoms with Crippen molar-refractivity contribution in [2.45, 2.75) is 110 Å². The second kappa shape index (κ2) is 13.8. The van der Waals surface area contributed by atoms with Gasteiger partial charge in [0.15, 0.2) is 0 Å². The maximum absolute atomic E-state index is 13.7. The Balaban J connectivity index is 0.00000588. The summed E-state index contributed by atoms with van der Waals surface area (Å²) >= 11 is 0. The first-order valence-electron chi connectivity index (χ1n) is 14.0. The largest absolute Gasteiger partial charge is 0.444 e. The maximum Gasteiger partial charge on any atom is 0.408 e. The predicted octanol–water partition coefficient (Wildman–Crippen LogP) is 2.37. The van der Waals surface area contributed by atoms with Gasteiger partial charge in [-0.2, -0.15) is 12.7 Å². The van der Waals surface area contributed by atoms with Crippen LogP contribution in [0, 0.1) is 5.92 Å². The zero-order valence-corrected chi connectivity index (χ0v) is 24.9. The normalized spacial score (nSPS) is 27.3. The van der Waals surface area contributed by atoms with Crippen LogP contribution in [0.4, 0.5) is 4.79 Å². The Morgan fingerprint density at radius 3 is 2.56 bits per heavy atom. The van der Waals surface area contributed by atoms with Crippen molar-refractivity contribution >= 4 is 34.0 Å². The Hall–Kier alpha value is -2.89. The van der Waals surface area contributed by atoms with E-state index >= 15 is 0 Å². The Morgan fingerprint density at radius 1 is 1.20 bits per heavy atom. The number of nitrogens with zero attached hydrogens (tertiary/aromatic N) is 2. The summed E-state index contributed by atoms with van der Waals surface area (Å²) < 4.78 is 33.6. The highest BCUT2D eigenvalue weighted by atomic mass is 32.2. The third kappa shape index (κ3) is 8.80. The summed E-state index contributed by atoms with van der Waals surface area (Å²) in [6.45, 7) is 7.33. The molecule has 3 N–H and O–H groups in total. The third-order valence-corrected chi connectivity index (χ3v) is 8.95. The van der Waals surface area contributed by atoms with E-state index in [2.05, 4.69) is 21.1 Å². The highest BCUT2D eigenvalue weighted by Crippen LogP contribution is 2.45. The molecule has 12 nitrogen and oxygen atoms in total. The molecule has 0 aromatic carbocycles. The van der Waals surface area contributed by atoms with Gasteiger partial charge in [0.25, 0.3) is 5.91 Å². The lowest BCUT2D eigenvalue weighted by Crippen LogP contribution is -2.59. The number of carbonyl (C=O) groups is 4. The molecule has 4 amide bonds. The number of ether oxygens (including phenoxy) is 1. The molecular weight excluding hydrogens is 550 g/mol. The fraction of sp³-hybridized carbons (Fsp3) is 0.750. The fourth-order valence-electron chi connectivity index (χ4n) is 4.96. The molecule has 2 fully saturated rings. The maximum atomic E-state index is 13.7. The van der Waals surface area contributed by atoms with Gasteiger partial charge in [-0.3, -0.25) is 14.4 Å². The average molecular weight is 598 g/mol. The smallest absolute Gasteiger partial charge is 0.408 e. The molecule has 0 aromatic heterocycles. The number of fused-ring (bicyclic) bond motifs is 2. The summed E-state index contributed by atoms with van der Waals surface area (Å²) in [5, 5.41) is 5.48. The molecular formula is C28H47N5O7S. The van der Waals surface area contributed by atoms with Crippen molar-refractivity contribution in [1.82, 2.24) is 24.6 Å². The van der Waals surface area contributed by atoms with E-state index < -0.39 is 57.3 Å². The lowest BCUT2D eigenvalue weighted by atomic mass is 10.0. The minimum absolute atomic E-state index is 0. The molecule has 1 aliphatic carbocycles. The molecule has 0 bridgehead atoms. The SMILES string of the molecule is C.CCN(C)S(=O)(=O)NC(=O)[C@@]12C[C@H]1C=C=CCCCCC[C@H](NC(=O)OC(C)(C)C)C(=O)N1CCC[C@H]1C(=O)N2. The number of nitrogens with one attached hydrogen (secondary N) is 3. The molecule has 1 saturated heterocycles. The van der Waals surface area contributed by atoms with Crippen LogP contribution in [0.1, 0.15) is 86.5 Å². The van der Waals surface area contributed by atoms with Gasteiger partial charge in [0.05, 0.1) is 0 Å². The van der Waals surface area contributed by atoms with Crippen molar-refractivity contribution in [2.75, 3.05) is 20.1 Å². The van der Waals surface area contributed by atoms with E-state index in [0.717, 1.165) is 23.6 Å². The lowest BCUT2D eigenvalue weighted by Gasteiger charge is -2.30. The lowest BCUT2D eigenvalue weighted by molar-refractivity contribution is -0.141. The van der Waals surface area contributed by atoms with Crippen LogP contribution in [0.15, 0.2) is 17.9 Å². The van der Waals surface area contributed by atoms with Crippen LogP contribution in [0.5, 0.6) is 0 Å². The van der Waals surface area contributed by atoms with Crippen molar-refractivity contribution in [1.29, 1.82) is 0 Å². The first kappa shape index (κ1) is 34.3. The van der Waals surface area contributed by atoms with Gasteiger partial charge in [-0.15, -0.1) is 5.73 Å². The molecule has 4 atom stereocenters. The molecule has 0 spiro atoms. The average Bonchev–Trinajstić information content (AvgIpc) is 3.32. The number of carbonyl (C=O) groups excluding carboxylic acids is 4. The molecule has 13 heteroatoms. The predicted molar refractivity (Wildman–Crippen MR) is 155 cm³/mol. The molecule has 0 unspecified atom stereocenters. The third-order valence-electron chi connectivity index (χ3n) is 7.43. The van der Waals surface area contributed by atoms with Crippen molar-refractivity contribution in [3.63, 3.8) is 0 Å². The van der Waals surface area contributed by atoms with Gasteiger partial charge >= 0.3 is 16.3 Å². The van der Waals surface area contributed by atoms with Crippen LogP contribution < -0.4 is 15.4 Å². The molecule has 2 aliphatic heterocycles. The zero-order chi connectivity index (χ0) is 29.7. The minimum atomic E-state index is -4.09. The topological polar surface area (TPSA) is 154 Å². The van der Waals surface area contributed by atoms with Gasteiger partial charge in [-0.05, 0) is 71.4 Å². The quantitative estimate of drug-likeness (QED) is 0.411. The van der Waals surface area contributed by atoms with Gasteiger partial charge in [0.2, 0.25) is 11.8 Å². The van der Waals surface area contributed by atoms with Gasteiger partial charge < -0.3 is 20.3 Å². The molecule has 3 rings (SSSR count). The van der Waals surface area contributed by atoms with Crippen LogP contribution >= 0.6 is 0 Å². The fourth-order valence-corrected chi connectivity index (χ4v) is 5.87. The van der Waals surface area contributed by atoms with E-state index in [-0.39, 0.29) is 26.3 Å². The van der Waals surface area contributed by atoms with E-state index in [1.165, 1.54) is 11.9 Å². The van der Waals surface area contributed by atoms with E-state index in [4.69, 9.17) is 4.74 Å². The molecule has 2 heterocycles. The Labute approximate surface area is 244 Å². The van der Waals surface area contributed by atoms with E-state index in [0.29, 0.717) is 32.2 Å². The van der Waals surface area contributed by atoms with Crippen LogP contribution in [0.25, 0.3) is 0 Å². The molecule has 1 saturated carbocycles. The van der Waals surface area contributed by atoms with E-state index in [1.54, 1.807) is 33.8 Å². The summed E-state index contributed by atoms with van der Waals surface area (Å²) in [5.74, 6) is -2.20. The van der Waals surface area contributed by atoms with Gasteiger partial charge in [-0.1, -0.05) is 27.2 Å². The molecule has 41 heavy (non-hydrogen) atoms. The highest BCUT2D eigenvalue weighted by molar-refractivity contribution is 7.87. The van der Waals surface area contributed by atoms with Crippen LogP contribution in [0.2, 0.25) is 0 Å². The Kier molecular flexibility index (Phi) is 11.6. The second-order valence-electron chi connectivity index (χ2n) is 11.7. The summed E-state index contributed by atoms with van der Waals surface area (Å²) in [5.41, 5.74) is 0.871. The van der Waals surface area contributed by atoms with Crippen molar-refractivity contribution in [3.05, 3.63) is 17.9 Å². The molecule has 0 aromatic rings. The van der Waals surface area contributed by atoms with Crippen LogP contribution in [-0.4, -0.2) is 84.8 Å². The van der Waals surface area contributed by atoms with E-state index in [1.807, 2.05) is 6.08 Å². The summed E-state index contributed by atoms with van der Waals surface area (Å²) in [6, 6.07) is -1.73. The Bertz CT molecular complexity index is 1160. The zero-order valence-electron chi connectivity index (χ0n) is 24.1. The van der Waals surface area contributed by atoms with Gasteiger partial charge in [-0.25, -0.2) is 9.52 Å². The van der Waals surface area contributed by atoms with E-state index in [9.17, 15) is 27.6 Å². The second-order valence-corrected chi connectivity index (χ2v) is 13.5. The van der Waals surface area contributed by atoms with Crippen molar-refractivity contribution < 1.29 is 32.3 Å². The first-order valence-corrected chi connectivity index (χ1v) is 15.5. The number of amides is 4. The standard InChI is InChI=1S/C27H43N5O7S.CH4/c1-6-31(5)40(37,38)30-24(35)27-18-19(27)14-11-9-7-8-10-12-15-20(28-25(36)39-26(2,3)4)23(34)32-17-13-16-21(32)22(33)29-27;/h9,14,19-21H,6-8,10,12-13,15-18H2,1-5H3,(H,28,36)(H,29,33)(H,30,35);1H4/t11?,19-,20+,21+,27-;/m1./s1. The number of rotatable bonds is 5. The van der Waals surface area contributed by atoms with Crippen LogP contribution in [-0.2, 0) is 29.3 Å². The highest BCUT2D eigenvalue weighted by Gasteiger charge is 2.61. The summed E-state index contributed by atoms with van der Waals surface area (Å²) in [6.07, 6.45) is 7.46. The summed E-state index contributed by atoms with van der Waals surface area (Å²) in [4.78, 5) is 54.5. The van der Waals surface area contributed by atoms with Crippen molar-refractivity contribution in [3.8, 4) is 0 Å². The number of hydrogen-bond donors (Lipinski definition) is 3. The summed E-state index contributed by atoms with van der Waals surface area (Å²) in [7, 11) is -2.74. The van der Waals surface area contributed by atoms with Gasteiger partial charge in [0.1, 0.15) is 23.2 Å². The Morgan fingerprint density at radius 2 is 1.90 bits per heavy atom. The van der Waals surface area contributed by atoms with Crippen LogP contribution in [0.3, 0.4) is 0 Å². The number of alkyl carbamates (subject to hydrolysis) is 1. The molecule has 232 valence electrons.